The van der Waals surface area contributed by atoms with Gasteiger partial charge in [-0.05, 0) is 55.7 Å². The van der Waals surface area contributed by atoms with Crippen LogP contribution in [-0.2, 0) is 19.5 Å². The number of carbonyl (C=O) groups excluding carboxylic acids is 1. The summed E-state index contributed by atoms with van der Waals surface area (Å²) in [6.07, 6.45) is 3.97. The number of nitrogens with zero attached hydrogens (tertiary/aromatic N) is 1. The Kier molecular flexibility index (Phi) is 8.07. The molecule has 8 heteroatoms. The van der Waals surface area contributed by atoms with Crippen LogP contribution in [0.15, 0.2) is 59.3 Å². The van der Waals surface area contributed by atoms with Gasteiger partial charge in [0.2, 0.25) is 0 Å². The molecule has 0 saturated carbocycles. The van der Waals surface area contributed by atoms with Crippen LogP contribution < -0.4 is 25.8 Å². The van der Waals surface area contributed by atoms with Gasteiger partial charge in [-0.1, -0.05) is 19.1 Å². The SMILES string of the molecule is CCOc1cc2ncc(C(N)=O)c(Nc3cccc(CNCc4ccco4)c3CC)c2cc1OCC. The summed E-state index contributed by atoms with van der Waals surface area (Å²) < 4.78 is 17.0. The average Bonchev–Trinajstić information content (AvgIpc) is 3.38. The van der Waals surface area contributed by atoms with Gasteiger partial charge in [-0.15, -0.1) is 0 Å². The Bertz CT molecular complexity index is 1340. The van der Waals surface area contributed by atoms with Crippen LogP contribution in [0.3, 0.4) is 0 Å². The normalized spacial score (nSPS) is 11.0. The Morgan fingerprint density at radius 2 is 1.81 bits per heavy atom. The predicted octanol–water partition coefficient (Wildman–Crippen LogP) is 5.32. The molecule has 2 heterocycles. The number of aromatic nitrogens is 1. The van der Waals surface area contributed by atoms with Crippen molar-refractivity contribution in [3.63, 3.8) is 0 Å². The first kappa shape index (κ1) is 25.1. The van der Waals surface area contributed by atoms with Crippen LogP contribution in [0.25, 0.3) is 10.9 Å². The quantitative estimate of drug-likeness (QED) is 0.247. The van der Waals surface area contributed by atoms with E-state index in [1.807, 2.05) is 50.2 Å². The van der Waals surface area contributed by atoms with Crippen molar-refractivity contribution in [1.82, 2.24) is 10.3 Å². The molecule has 0 atom stereocenters. The van der Waals surface area contributed by atoms with E-state index in [0.717, 1.165) is 34.4 Å². The first-order chi connectivity index (χ1) is 17.5. The van der Waals surface area contributed by atoms with E-state index in [2.05, 4.69) is 28.6 Å². The monoisotopic (exact) mass is 488 g/mol. The number of anilines is 2. The van der Waals surface area contributed by atoms with Gasteiger partial charge in [0.1, 0.15) is 5.76 Å². The van der Waals surface area contributed by atoms with E-state index < -0.39 is 5.91 Å². The molecule has 4 N–H and O–H groups in total. The number of fused-ring (bicyclic) bond motifs is 1. The molecule has 1 amide bonds. The number of hydrogen-bond donors (Lipinski definition) is 3. The van der Waals surface area contributed by atoms with Gasteiger partial charge in [0.15, 0.2) is 11.5 Å². The molecule has 0 bridgehead atoms. The van der Waals surface area contributed by atoms with E-state index in [1.165, 1.54) is 6.20 Å². The van der Waals surface area contributed by atoms with E-state index in [9.17, 15) is 4.79 Å². The van der Waals surface area contributed by atoms with Crippen molar-refractivity contribution < 1.29 is 18.7 Å². The number of pyridine rings is 1. The zero-order valence-electron chi connectivity index (χ0n) is 20.9. The number of rotatable bonds is 12. The molecule has 36 heavy (non-hydrogen) atoms. The highest BCUT2D eigenvalue weighted by Gasteiger charge is 2.18. The summed E-state index contributed by atoms with van der Waals surface area (Å²) in [4.78, 5) is 16.9. The van der Waals surface area contributed by atoms with Gasteiger partial charge in [-0.2, -0.15) is 0 Å². The zero-order valence-corrected chi connectivity index (χ0v) is 20.9. The summed E-state index contributed by atoms with van der Waals surface area (Å²) >= 11 is 0. The predicted molar refractivity (Wildman–Crippen MR) is 141 cm³/mol. The zero-order chi connectivity index (χ0) is 25.5. The van der Waals surface area contributed by atoms with E-state index in [-0.39, 0.29) is 0 Å². The summed E-state index contributed by atoms with van der Waals surface area (Å²) in [5, 5.41) is 7.65. The maximum absolute atomic E-state index is 12.4. The molecule has 188 valence electrons. The standard InChI is InChI=1S/C28H32N4O4/c1-4-20-18(15-30-16-19-10-8-12-36-19)9-7-11-23(20)32-27-21-13-25(34-5-2)26(35-6-3)14-24(21)31-17-22(27)28(29)33/h7-14,17,30H,4-6,15-16H2,1-3H3,(H2,29,33)(H,31,32). The van der Waals surface area contributed by atoms with Gasteiger partial charge in [0.25, 0.3) is 5.91 Å². The molecule has 0 aliphatic carbocycles. The van der Waals surface area contributed by atoms with Crippen LogP contribution in [0.1, 0.15) is 48.0 Å². The van der Waals surface area contributed by atoms with Crippen LogP contribution in [0.5, 0.6) is 11.5 Å². The second-order valence-corrected chi connectivity index (χ2v) is 8.20. The van der Waals surface area contributed by atoms with Gasteiger partial charge in [0, 0.05) is 29.9 Å². The van der Waals surface area contributed by atoms with E-state index >= 15 is 0 Å². The fourth-order valence-corrected chi connectivity index (χ4v) is 4.26. The number of carbonyl (C=O) groups is 1. The second kappa shape index (κ2) is 11.6. The number of nitrogens with one attached hydrogen (secondary N) is 2. The molecular formula is C28H32N4O4. The van der Waals surface area contributed by atoms with Gasteiger partial charge in [-0.3, -0.25) is 9.78 Å². The van der Waals surface area contributed by atoms with Crippen molar-refractivity contribution in [2.45, 2.75) is 40.3 Å². The molecule has 0 aliphatic heterocycles. The highest BCUT2D eigenvalue weighted by atomic mass is 16.5. The number of benzene rings is 2. The topological polar surface area (TPSA) is 112 Å². The molecular weight excluding hydrogens is 456 g/mol. The molecule has 0 saturated heterocycles. The Balaban J connectivity index is 1.74. The van der Waals surface area contributed by atoms with Gasteiger partial charge < -0.3 is 30.3 Å². The molecule has 2 aromatic heterocycles. The largest absolute Gasteiger partial charge is 0.490 e. The lowest BCUT2D eigenvalue weighted by Crippen LogP contribution is -2.16. The first-order valence-corrected chi connectivity index (χ1v) is 12.2. The van der Waals surface area contributed by atoms with E-state index in [0.29, 0.717) is 54.6 Å². The highest BCUT2D eigenvalue weighted by molar-refractivity contribution is 6.08. The van der Waals surface area contributed by atoms with Crippen molar-refractivity contribution in [1.29, 1.82) is 0 Å². The lowest BCUT2D eigenvalue weighted by atomic mass is 10.0. The number of amides is 1. The van der Waals surface area contributed by atoms with E-state index in [4.69, 9.17) is 19.6 Å². The number of furan rings is 1. The number of ether oxygens (including phenoxy) is 2. The van der Waals surface area contributed by atoms with Gasteiger partial charge in [0.05, 0.1) is 42.8 Å². The third-order valence-corrected chi connectivity index (χ3v) is 5.88. The fraction of sp³-hybridized carbons (Fsp3) is 0.286. The smallest absolute Gasteiger partial charge is 0.252 e. The lowest BCUT2D eigenvalue weighted by molar-refractivity contribution is 0.100. The Hall–Kier alpha value is -4.04. The molecule has 2 aromatic carbocycles. The molecule has 8 nitrogen and oxygen atoms in total. The Morgan fingerprint density at radius 3 is 2.47 bits per heavy atom. The third kappa shape index (κ3) is 5.44. The summed E-state index contributed by atoms with van der Waals surface area (Å²) in [5.74, 6) is 1.52. The Morgan fingerprint density at radius 1 is 1.03 bits per heavy atom. The maximum atomic E-state index is 12.4. The Labute approximate surface area is 210 Å². The van der Waals surface area contributed by atoms with Crippen LogP contribution in [0.4, 0.5) is 11.4 Å². The van der Waals surface area contributed by atoms with Crippen molar-refractivity contribution >= 4 is 28.2 Å². The van der Waals surface area contributed by atoms with Crippen LogP contribution >= 0.6 is 0 Å². The molecule has 4 aromatic rings. The van der Waals surface area contributed by atoms with Gasteiger partial charge >= 0.3 is 0 Å². The molecule has 0 unspecified atom stereocenters. The second-order valence-electron chi connectivity index (χ2n) is 8.20. The minimum Gasteiger partial charge on any atom is -0.490 e. The minimum atomic E-state index is -0.562. The number of hydrogen-bond acceptors (Lipinski definition) is 7. The lowest BCUT2D eigenvalue weighted by Gasteiger charge is -2.19. The van der Waals surface area contributed by atoms with Crippen molar-refractivity contribution in [2.75, 3.05) is 18.5 Å². The fourth-order valence-electron chi connectivity index (χ4n) is 4.26. The third-order valence-electron chi connectivity index (χ3n) is 5.88. The molecule has 0 fully saturated rings. The van der Waals surface area contributed by atoms with Crippen LogP contribution in [0.2, 0.25) is 0 Å². The summed E-state index contributed by atoms with van der Waals surface area (Å²) in [6.45, 7) is 8.22. The van der Waals surface area contributed by atoms with E-state index in [1.54, 1.807) is 6.26 Å². The molecule has 0 radical (unpaired) electrons. The van der Waals surface area contributed by atoms with Crippen molar-refractivity contribution in [3.05, 3.63) is 77.4 Å². The van der Waals surface area contributed by atoms with Crippen LogP contribution in [-0.4, -0.2) is 24.1 Å². The molecule has 0 spiro atoms. The average molecular weight is 489 g/mol. The summed E-state index contributed by atoms with van der Waals surface area (Å²) in [5.41, 5.74) is 10.5. The summed E-state index contributed by atoms with van der Waals surface area (Å²) in [6, 6.07) is 13.6. The minimum absolute atomic E-state index is 0.303. The molecule has 4 rings (SSSR count). The number of primary amides is 1. The summed E-state index contributed by atoms with van der Waals surface area (Å²) in [7, 11) is 0. The highest BCUT2D eigenvalue weighted by Crippen LogP contribution is 2.38. The van der Waals surface area contributed by atoms with Gasteiger partial charge in [-0.25, -0.2) is 0 Å². The maximum Gasteiger partial charge on any atom is 0.252 e. The first-order valence-electron chi connectivity index (χ1n) is 12.2. The van der Waals surface area contributed by atoms with Crippen molar-refractivity contribution in [2.24, 2.45) is 5.73 Å². The van der Waals surface area contributed by atoms with Crippen LogP contribution in [0, 0.1) is 0 Å². The molecule has 0 aliphatic rings. The van der Waals surface area contributed by atoms with Crippen molar-refractivity contribution in [3.8, 4) is 11.5 Å². The number of nitrogens with two attached hydrogens (primary N) is 1.